The number of carboxylic acids is 1. The molecule has 0 bridgehead atoms. The van der Waals surface area contributed by atoms with E-state index in [0.717, 1.165) is 9.37 Å². The number of aliphatic carboxylic acids is 1. The van der Waals surface area contributed by atoms with Gasteiger partial charge in [-0.25, -0.2) is 14.5 Å². The molecule has 1 saturated heterocycles. The lowest BCUT2D eigenvalue weighted by atomic mass is 9.91. The van der Waals surface area contributed by atoms with E-state index in [0.29, 0.717) is 5.56 Å². The molecular formula is C16H19BrN2O4. The molecule has 2 atom stereocenters. The fourth-order valence-electron chi connectivity index (χ4n) is 2.69. The minimum Gasteiger partial charge on any atom is -0.480 e. The number of nitrogens with one attached hydrogen (secondary N) is 1. The zero-order valence-corrected chi connectivity index (χ0v) is 14.8. The Hall–Kier alpha value is -1.89. The van der Waals surface area contributed by atoms with E-state index in [9.17, 15) is 19.5 Å². The Labute approximate surface area is 143 Å². The van der Waals surface area contributed by atoms with Gasteiger partial charge < -0.3 is 10.4 Å². The number of carbonyl (C=O) groups excluding carboxylic acids is 2. The molecule has 1 heterocycles. The van der Waals surface area contributed by atoms with Crippen LogP contribution < -0.4 is 5.32 Å². The SMILES string of the molecule is CC(C)C[C@H](C(=O)O)N1C(=O)N[C@@](C)(c2ccc(Br)cc2)C1=O. The van der Waals surface area contributed by atoms with Crippen molar-refractivity contribution in [3.05, 3.63) is 34.3 Å². The number of rotatable bonds is 5. The number of hydrogen-bond donors (Lipinski definition) is 2. The lowest BCUT2D eigenvalue weighted by molar-refractivity contribution is -0.148. The Kier molecular flexibility index (Phi) is 4.79. The van der Waals surface area contributed by atoms with Gasteiger partial charge in [-0.15, -0.1) is 0 Å². The first-order chi connectivity index (χ1) is 10.7. The van der Waals surface area contributed by atoms with Crippen molar-refractivity contribution in [2.45, 2.75) is 38.8 Å². The van der Waals surface area contributed by atoms with Crippen LogP contribution in [0.15, 0.2) is 28.7 Å². The molecule has 0 saturated carbocycles. The summed E-state index contributed by atoms with van der Waals surface area (Å²) in [4.78, 5) is 37.5. The molecular weight excluding hydrogens is 364 g/mol. The Bertz CT molecular complexity index is 644. The highest BCUT2D eigenvalue weighted by Gasteiger charge is 2.52. The van der Waals surface area contributed by atoms with E-state index in [1.165, 1.54) is 0 Å². The van der Waals surface area contributed by atoms with Gasteiger partial charge >= 0.3 is 12.0 Å². The average molecular weight is 383 g/mol. The van der Waals surface area contributed by atoms with Crippen LogP contribution in [0.1, 0.15) is 32.8 Å². The Morgan fingerprint density at radius 3 is 2.35 bits per heavy atom. The lowest BCUT2D eigenvalue weighted by Gasteiger charge is -2.25. The molecule has 0 aliphatic carbocycles. The summed E-state index contributed by atoms with van der Waals surface area (Å²) < 4.78 is 0.849. The largest absolute Gasteiger partial charge is 0.480 e. The summed E-state index contributed by atoms with van der Waals surface area (Å²) in [6.07, 6.45) is 0.213. The predicted octanol–water partition coefficient (Wildman–Crippen LogP) is 2.72. The number of carboxylic acid groups (broad SMARTS) is 1. The van der Waals surface area contributed by atoms with Gasteiger partial charge in [0.25, 0.3) is 5.91 Å². The average Bonchev–Trinajstić information content (AvgIpc) is 2.68. The molecule has 7 heteroatoms. The van der Waals surface area contributed by atoms with Crippen molar-refractivity contribution in [2.75, 3.05) is 0 Å². The molecule has 1 aromatic carbocycles. The zero-order chi connectivity index (χ0) is 17.4. The molecule has 3 amide bonds. The third-order valence-corrected chi connectivity index (χ3v) is 4.46. The quantitative estimate of drug-likeness (QED) is 0.766. The highest BCUT2D eigenvalue weighted by Crippen LogP contribution is 2.32. The third-order valence-electron chi connectivity index (χ3n) is 3.94. The molecule has 0 spiro atoms. The third kappa shape index (κ3) is 3.24. The summed E-state index contributed by atoms with van der Waals surface area (Å²) >= 11 is 3.32. The van der Waals surface area contributed by atoms with Gasteiger partial charge in [0.05, 0.1) is 0 Å². The number of nitrogens with zero attached hydrogens (tertiary/aromatic N) is 1. The number of benzene rings is 1. The number of halogens is 1. The van der Waals surface area contributed by atoms with Gasteiger partial charge in [0.15, 0.2) is 0 Å². The van der Waals surface area contributed by atoms with E-state index in [-0.39, 0.29) is 12.3 Å². The molecule has 0 unspecified atom stereocenters. The second-order valence-electron chi connectivity index (χ2n) is 6.22. The summed E-state index contributed by atoms with van der Waals surface area (Å²) in [7, 11) is 0. The van der Waals surface area contributed by atoms with Gasteiger partial charge in [-0.1, -0.05) is 41.9 Å². The van der Waals surface area contributed by atoms with Gasteiger partial charge in [-0.2, -0.15) is 0 Å². The maximum Gasteiger partial charge on any atom is 0.327 e. The molecule has 23 heavy (non-hydrogen) atoms. The van der Waals surface area contributed by atoms with E-state index < -0.39 is 29.5 Å². The van der Waals surface area contributed by atoms with Crippen LogP contribution >= 0.6 is 15.9 Å². The van der Waals surface area contributed by atoms with Crippen LogP contribution in [0, 0.1) is 5.92 Å². The Morgan fingerprint density at radius 2 is 1.87 bits per heavy atom. The molecule has 2 rings (SSSR count). The first kappa shape index (κ1) is 17.5. The number of imide groups is 1. The summed E-state index contributed by atoms with van der Waals surface area (Å²) in [5, 5.41) is 12.0. The number of amides is 3. The topological polar surface area (TPSA) is 86.7 Å². The highest BCUT2D eigenvalue weighted by atomic mass is 79.9. The fraction of sp³-hybridized carbons (Fsp3) is 0.438. The van der Waals surface area contributed by atoms with Gasteiger partial charge in [0.2, 0.25) is 0 Å². The second-order valence-corrected chi connectivity index (χ2v) is 7.14. The smallest absolute Gasteiger partial charge is 0.327 e. The van der Waals surface area contributed by atoms with E-state index in [1.807, 2.05) is 13.8 Å². The predicted molar refractivity (Wildman–Crippen MR) is 87.8 cm³/mol. The van der Waals surface area contributed by atoms with Crippen molar-refractivity contribution in [1.29, 1.82) is 0 Å². The molecule has 1 aromatic rings. The first-order valence-corrected chi connectivity index (χ1v) is 8.10. The maximum atomic E-state index is 12.8. The van der Waals surface area contributed by atoms with Crippen LogP contribution in [0.4, 0.5) is 4.79 Å². The monoisotopic (exact) mass is 382 g/mol. The molecule has 1 aliphatic heterocycles. The Morgan fingerprint density at radius 1 is 1.30 bits per heavy atom. The second kappa shape index (κ2) is 6.31. The van der Waals surface area contributed by atoms with Crippen molar-refractivity contribution in [1.82, 2.24) is 10.2 Å². The van der Waals surface area contributed by atoms with Gasteiger partial charge in [0.1, 0.15) is 11.6 Å². The summed E-state index contributed by atoms with van der Waals surface area (Å²) in [5.74, 6) is -1.68. The first-order valence-electron chi connectivity index (χ1n) is 7.31. The zero-order valence-electron chi connectivity index (χ0n) is 13.2. The van der Waals surface area contributed by atoms with Crippen molar-refractivity contribution in [3.63, 3.8) is 0 Å². The van der Waals surface area contributed by atoms with Crippen LogP contribution in [0.3, 0.4) is 0 Å². The van der Waals surface area contributed by atoms with Crippen molar-refractivity contribution < 1.29 is 19.5 Å². The standard InChI is InChI=1S/C16H19BrN2O4/c1-9(2)8-12(13(20)21)19-14(22)16(3,18-15(19)23)10-4-6-11(17)7-5-10/h4-7,9,12H,8H2,1-3H3,(H,18,23)(H,20,21)/t12-,16+/m1/s1. The molecule has 0 radical (unpaired) electrons. The summed E-state index contributed by atoms with van der Waals surface area (Å²) in [5.41, 5.74) is -0.655. The van der Waals surface area contributed by atoms with Crippen molar-refractivity contribution in [3.8, 4) is 0 Å². The fourth-order valence-corrected chi connectivity index (χ4v) is 2.95. The lowest BCUT2D eigenvalue weighted by Crippen LogP contribution is -2.47. The number of hydrogen-bond acceptors (Lipinski definition) is 3. The van der Waals surface area contributed by atoms with E-state index in [4.69, 9.17) is 0 Å². The maximum absolute atomic E-state index is 12.8. The molecule has 0 aromatic heterocycles. The minimum atomic E-state index is -1.26. The van der Waals surface area contributed by atoms with Gasteiger partial charge in [0, 0.05) is 4.47 Å². The normalized spacial score (nSPS) is 22.4. The van der Waals surface area contributed by atoms with Crippen LogP contribution in [-0.2, 0) is 15.1 Å². The van der Waals surface area contributed by atoms with E-state index >= 15 is 0 Å². The van der Waals surface area contributed by atoms with Gasteiger partial charge in [-0.3, -0.25) is 4.79 Å². The van der Waals surface area contributed by atoms with Crippen LogP contribution in [-0.4, -0.2) is 34.0 Å². The molecule has 1 aliphatic rings. The molecule has 124 valence electrons. The highest BCUT2D eigenvalue weighted by molar-refractivity contribution is 9.10. The number of urea groups is 1. The number of carbonyl (C=O) groups is 3. The summed E-state index contributed by atoms with van der Waals surface area (Å²) in [6.45, 7) is 5.29. The van der Waals surface area contributed by atoms with Crippen LogP contribution in [0.25, 0.3) is 0 Å². The summed E-state index contributed by atoms with van der Waals surface area (Å²) in [6, 6.07) is 5.15. The minimum absolute atomic E-state index is 0.0382. The van der Waals surface area contributed by atoms with E-state index in [2.05, 4.69) is 21.2 Å². The van der Waals surface area contributed by atoms with Crippen molar-refractivity contribution >= 4 is 33.8 Å². The van der Waals surface area contributed by atoms with Crippen LogP contribution in [0.2, 0.25) is 0 Å². The van der Waals surface area contributed by atoms with Gasteiger partial charge in [-0.05, 0) is 37.0 Å². The molecule has 2 N–H and O–H groups in total. The van der Waals surface area contributed by atoms with E-state index in [1.54, 1.807) is 31.2 Å². The van der Waals surface area contributed by atoms with Crippen LogP contribution in [0.5, 0.6) is 0 Å². The molecule has 6 nitrogen and oxygen atoms in total. The van der Waals surface area contributed by atoms with Crippen molar-refractivity contribution in [2.24, 2.45) is 5.92 Å². The molecule has 1 fully saturated rings. The Balaban J connectivity index is 2.38.